The van der Waals surface area contributed by atoms with Crippen molar-refractivity contribution in [1.82, 2.24) is 4.31 Å². The van der Waals surface area contributed by atoms with Crippen molar-refractivity contribution in [2.24, 2.45) is 0 Å². The number of benzene rings is 3. The van der Waals surface area contributed by atoms with E-state index in [1.165, 1.54) is 39.4 Å². The van der Waals surface area contributed by atoms with Crippen LogP contribution in [0.1, 0.15) is 18.4 Å². The van der Waals surface area contributed by atoms with Crippen molar-refractivity contribution < 1.29 is 28.2 Å². The number of ether oxygens (including phenoxy) is 1. The Hall–Kier alpha value is -3.56. The number of phenols is 2. The third kappa shape index (κ3) is 4.20. The van der Waals surface area contributed by atoms with Gasteiger partial charge in [-0.15, -0.1) is 0 Å². The van der Waals surface area contributed by atoms with Crippen LogP contribution in [0, 0.1) is 0 Å². The molecule has 1 fully saturated rings. The monoisotopic (exact) mass is 482 g/mol. The molecule has 9 heteroatoms. The lowest BCUT2D eigenvalue weighted by Crippen LogP contribution is -2.27. The molecule has 3 aromatic rings. The second-order valence-electron chi connectivity index (χ2n) is 8.47. The number of methoxy groups -OCH3 is 1. The van der Waals surface area contributed by atoms with E-state index in [2.05, 4.69) is 5.32 Å². The van der Waals surface area contributed by atoms with Gasteiger partial charge >= 0.3 is 0 Å². The number of amides is 1. The third-order valence-corrected chi connectivity index (χ3v) is 7.90. The summed E-state index contributed by atoms with van der Waals surface area (Å²) in [4.78, 5) is 13.3. The molecule has 0 radical (unpaired) electrons. The average molecular weight is 483 g/mol. The van der Waals surface area contributed by atoms with Crippen LogP contribution in [0.5, 0.6) is 17.2 Å². The minimum absolute atomic E-state index is 0.149. The standard InChI is InChI=1S/C25H26N2O6S/c1-27(2)34(31,32)19-6-4-5-16(13-19)20-15-18(8-10-23(20)33-3)26-24(30)25(11-12-25)17-7-9-21(28)22(29)14-17/h4-10,13-15,28-29H,11-12H2,1-3H3,(H,26,30). The molecule has 4 rings (SSSR count). The summed E-state index contributed by atoms with van der Waals surface area (Å²) in [6.45, 7) is 0. The fourth-order valence-corrected chi connectivity index (χ4v) is 4.84. The molecule has 3 aromatic carbocycles. The zero-order chi connectivity index (χ0) is 24.7. The number of nitrogens with one attached hydrogen (secondary N) is 1. The third-order valence-electron chi connectivity index (χ3n) is 6.09. The number of hydrogen-bond acceptors (Lipinski definition) is 6. The van der Waals surface area contributed by atoms with E-state index < -0.39 is 15.4 Å². The number of sulfonamides is 1. The average Bonchev–Trinajstić information content (AvgIpc) is 3.63. The number of rotatable bonds is 7. The smallest absolute Gasteiger partial charge is 0.242 e. The van der Waals surface area contributed by atoms with Gasteiger partial charge in [0.1, 0.15) is 5.75 Å². The summed E-state index contributed by atoms with van der Waals surface area (Å²) in [6.07, 6.45) is 1.24. The summed E-state index contributed by atoms with van der Waals surface area (Å²) >= 11 is 0. The molecule has 1 aliphatic carbocycles. The van der Waals surface area contributed by atoms with Gasteiger partial charge in [-0.3, -0.25) is 4.79 Å². The van der Waals surface area contributed by atoms with E-state index >= 15 is 0 Å². The lowest BCUT2D eigenvalue weighted by molar-refractivity contribution is -0.118. The van der Waals surface area contributed by atoms with Crippen LogP contribution < -0.4 is 10.1 Å². The molecule has 0 saturated heterocycles. The normalized spacial score (nSPS) is 14.6. The Balaban J connectivity index is 1.66. The SMILES string of the molecule is COc1ccc(NC(=O)C2(c3ccc(O)c(O)c3)CC2)cc1-c1cccc(S(=O)(=O)N(C)C)c1. The van der Waals surface area contributed by atoms with Gasteiger partial charge in [0.25, 0.3) is 0 Å². The number of carbonyl (C=O) groups excluding carboxylic acids is 1. The van der Waals surface area contributed by atoms with E-state index in [9.17, 15) is 23.4 Å². The molecule has 1 amide bonds. The predicted molar refractivity (Wildman–Crippen MR) is 129 cm³/mol. The molecule has 34 heavy (non-hydrogen) atoms. The highest BCUT2D eigenvalue weighted by Crippen LogP contribution is 2.50. The molecule has 1 aliphatic rings. The first-order chi connectivity index (χ1) is 16.1. The Kier molecular flexibility index (Phi) is 6.01. The molecule has 178 valence electrons. The number of nitrogens with zero attached hydrogens (tertiary/aromatic N) is 1. The van der Waals surface area contributed by atoms with Crippen LogP contribution in [-0.2, 0) is 20.2 Å². The predicted octanol–water partition coefficient (Wildman–Crippen LogP) is 3.69. The molecule has 3 N–H and O–H groups in total. The van der Waals surface area contributed by atoms with E-state index in [1.54, 1.807) is 42.5 Å². The number of carbonyl (C=O) groups is 1. The summed E-state index contributed by atoms with van der Waals surface area (Å²) in [5, 5.41) is 22.4. The molecule has 8 nitrogen and oxygen atoms in total. The summed E-state index contributed by atoms with van der Waals surface area (Å²) in [6, 6.07) is 16.1. The second-order valence-corrected chi connectivity index (χ2v) is 10.6. The Bertz CT molecular complexity index is 1360. The minimum Gasteiger partial charge on any atom is -0.504 e. The highest BCUT2D eigenvalue weighted by molar-refractivity contribution is 7.89. The van der Waals surface area contributed by atoms with Gasteiger partial charge in [-0.2, -0.15) is 0 Å². The molecule has 1 saturated carbocycles. The van der Waals surface area contributed by atoms with E-state index in [-0.39, 0.29) is 22.3 Å². The number of phenolic OH excluding ortho intramolecular Hbond substituents is 2. The van der Waals surface area contributed by atoms with Gasteiger partial charge in [-0.05, 0) is 66.4 Å². The van der Waals surface area contributed by atoms with Crippen LogP contribution in [0.25, 0.3) is 11.1 Å². The van der Waals surface area contributed by atoms with Crippen molar-refractivity contribution in [3.8, 4) is 28.4 Å². The van der Waals surface area contributed by atoms with Gasteiger partial charge in [0, 0.05) is 25.3 Å². The number of aromatic hydroxyl groups is 2. The Morgan fingerprint density at radius 3 is 2.35 bits per heavy atom. The molecule has 0 heterocycles. The molecule has 0 aliphatic heterocycles. The van der Waals surface area contributed by atoms with Crippen LogP contribution in [0.15, 0.2) is 65.6 Å². The first-order valence-corrected chi connectivity index (χ1v) is 12.1. The lowest BCUT2D eigenvalue weighted by Gasteiger charge is -2.18. The van der Waals surface area contributed by atoms with Gasteiger partial charge < -0.3 is 20.3 Å². The van der Waals surface area contributed by atoms with Crippen LogP contribution in [-0.4, -0.2) is 50.0 Å². The molecule has 0 aromatic heterocycles. The molecular formula is C25H26N2O6S. The van der Waals surface area contributed by atoms with Gasteiger partial charge in [-0.25, -0.2) is 12.7 Å². The highest BCUT2D eigenvalue weighted by Gasteiger charge is 2.51. The van der Waals surface area contributed by atoms with Crippen LogP contribution in [0.3, 0.4) is 0 Å². The Morgan fingerprint density at radius 1 is 1.00 bits per heavy atom. The first-order valence-electron chi connectivity index (χ1n) is 10.6. The summed E-state index contributed by atoms with van der Waals surface area (Å²) in [5.74, 6) is -0.200. The quantitative estimate of drug-likeness (QED) is 0.442. The van der Waals surface area contributed by atoms with E-state index in [0.29, 0.717) is 41.0 Å². The minimum atomic E-state index is -3.62. The maximum Gasteiger partial charge on any atom is 0.242 e. The van der Waals surface area contributed by atoms with Gasteiger partial charge in [0.2, 0.25) is 15.9 Å². The molecular weight excluding hydrogens is 456 g/mol. The summed E-state index contributed by atoms with van der Waals surface area (Å²) in [7, 11) is 0.847. The van der Waals surface area contributed by atoms with E-state index in [0.717, 1.165) is 4.31 Å². The zero-order valence-corrected chi connectivity index (χ0v) is 19.9. The fraction of sp³-hybridized carbons (Fsp3) is 0.240. The zero-order valence-electron chi connectivity index (χ0n) is 19.1. The first kappa shape index (κ1) is 23.6. The second kappa shape index (κ2) is 8.66. The Labute approximate surface area is 198 Å². The van der Waals surface area contributed by atoms with Crippen LogP contribution >= 0.6 is 0 Å². The maximum absolute atomic E-state index is 13.2. The number of anilines is 1. The summed E-state index contributed by atoms with van der Waals surface area (Å²) in [5.41, 5.74) is 1.64. The van der Waals surface area contributed by atoms with Crippen LogP contribution in [0.4, 0.5) is 5.69 Å². The Morgan fingerprint density at radius 2 is 1.74 bits per heavy atom. The van der Waals surface area contributed by atoms with Crippen molar-refractivity contribution in [2.45, 2.75) is 23.2 Å². The van der Waals surface area contributed by atoms with Gasteiger partial charge in [0.15, 0.2) is 11.5 Å². The van der Waals surface area contributed by atoms with Crippen LogP contribution in [0.2, 0.25) is 0 Å². The number of hydrogen-bond donors (Lipinski definition) is 3. The van der Waals surface area contributed by atoms with Crippen molar-refractivity contribution >= 4 is 21.6 Å². The lowest BCUT2D eigenvalue weighted by atomic mass is 9.94. The van der Waals surface area contributed by atoms with Gasteiger partial charge in [-0.1, -0.05) is 18.2 Å². The molecule has 0 bridgehead atoms. The topological polar surface area (TPSA) is 116 Å². The van der Waals surface area contributed by atoms with Gasteiger partial charge in [0.05, 0.1) is 17.4 Å². The van der Waals surface area contributed by atoms with Crippen molar-refractivity contribution in [3.63, 3.8) is 0 Å². The molecule has 0 atom stereocenters. The highest BCUT2D eigenvalue weighted by atomic mass is 32.2. The molecule has 0 spiro atoms. The van der Waals surface area contributed by atoms with Crippen molar-refractivity contribution in [2.75, 3.05) is 26.5 Å². The van der Waals surface area contributed by atoms with E-state index in [4.69, 9.17) is 4.74 Å². The van der Waals surface area contributed by atoms with Crippen molar-refractivity contribution in [1.29, 1.82) is 0 Å². The summed E-state index contributed by atoms with van der Waals surface area (Å²) < 4.78 is 31.8. The van der Waals surface area contributed by atoms with E-state index in [1.807, 2.05) is 0 Å². The molecule has 0 unspecified atom stereocenters. The fourth-order valence-electron chi connectivity index (χ4n) is 3.89. The van der Waals surface area contributed by atoms with Crippen molar-refractivity contribution in [3.05, 3.63) is 66.2 Å². The maximum atomic E-state index is 13.2. The largest absolute Gasteiger partial charge is 0.504 e.